The van der Waals surface area contributed by atoms with Gasteiger partial charge in [0.1, 0.15) is 11.6 Å². The first kappa shape index (κ1) is 24.2. The number of nitrogens with one attached hydrogen (secondary N) is 2. The van der Waals surface area contributed by atoms with E-state index in [4.69, 9.17) is 15.0 Å². The van der Waals surface area contributed by atoms with E-state index in [-0.39, 0.29) is 5.41 Å². The van der Waals surface area contributed by atoms with E-state index in [9.17, 15) is 0 Å². The second kappa shape index (κ2) is 9.72. The van der Waals surface area contributed by atoms with E-state index >= 15 is 0 Å². The molecular formula is C32H35N7. The lowest BCUT2D eigenvalue weighted by Crippen LogP contribution is -2.44. The Morgan fingerprint density at radius 1 is 1.00 bits per heavy atom. The second-order valence-corrected chi connectivity index (χ2v) is 11.6. The molecule has 7 nitrogen and oxygen atoms in total. The third-order valence-corrected chi connectivity index (χ3v) is 8.77. The molecule has 0 radical (unpaired) electrons. The molecule has 3 aromatic heterocycles. The van der Waals surface area contributed by atoms with Gasteiger partial charge in [0.25, 0.3) is 0 Å². The van der Waals surface area contributed by atoms with Gasteiger partial charge in [0.15, 0.2) is 5.82 Å². The molecular weight excluding hydrogens is 482 g/mol. The number of hydrogen-bond acceptors (Lipinski definition) is 6. The fourth-order valence-electron chi connectivity index (χ4n) is 6.07. The zero-order valence-corrected chi connectivity index (χ0v) is 22.7. The zero-order chi connectivity index (χ0) is 26.4. The van der Waals surface area contributed by atoms with Gasteiger partial charge in [-0.2, -0.15) is 0 Å². The summed E-state index contributed by atoms with van der Waals surface area (Å²) in [6.45, 7) is 8.33. The van der Waals surface area contributed by atoms with Crippen molar-refractivity contribution in [1.29, 1.82) is 0 Å². The Morgan fingerprint density at radius 3 is 2.59 bits per heavy atom. The standard InChI is InChI=1S/C32H35N7/c1-32(2,24-9-4-3-5-10-24)27-18-23-17-22(11-12-35-29(23)37-27)30-36-26-20-34-19-25(21-7-6-8-21)28(26)31(38-30)39-15-13-33-14-16-39/h3-5,9-12,18-21,33,37H,6-8,13-17H2,1-2H3. The maximum atomic E-state index is 5.29. The van der Waals surface area contributed by atoms with Gasteiger partial charge in [0.2, 0.25) is 0 Å². The summed E-state index contributed by atoms with van der Waals surface area (Å²) in [5.74, 6) is 3.31. The van der Waals surface area contributed by atoms with Crippen molar-refractivity contribution in [3.8, 4) is 0 Å². The van der Waals surface area contributed by atoms with E-state index in [2.05, 4.69) is 82.7 Å². The zero-order valence-electron chi connectivity index (χ0n) is 22.7. The van der Waals surface area contributed by atoms with Gasteiger partial charge in [-0.25, -0.2) is 15.0 Å². The number of allylic oxidation sites excluding steroid dienone is 2. The molecule has 2 N–H and O–H groups in total. The predicted octanol–water partition coefficient (Wildman–Crippen LogP) is 5.70. The van der Waals surface area contributed by atoms with E-state index in [1.165, 1.54) is 41.3 Å². The van der Waals surface area contributed by atoms with Crippen LogP contribution in [0.3, 0.4) is 0 Å². The fraction of sp³-hybridized carbons (Fsp3) is 0.375. The van der Waals surface area contributed by atoms with Gasteiger partial charge in [-0.1, -0.05) is 50.6 Å². The summed E-state index contributed by atoms with van der Waals surface area (Å²) >= 11 is 0. The smallest absolute Gasteiger partial charge is 0.158 e. The van der Waals surface area contributed by atoms with Crippen molar-refractivity contribution in [2.45, 2.75) is 50.9 Å². The van der Waals surface area contributed by atoms with Crippen molar-refractivity contribution < 1.29 is 0 Å². The van der Waals surface area contributed by atoms with Crippen molar-refractivity contribution in [1.82, 2.24) is 25.3 Å². The number of fused-ring (bicyclic) bond motifs is 2. The lowest BCUT2D eigenvalue weighted by molar-refractivity contribution is 0.421. The molecule has 1 saturated carbocycles. The van der Waals surface area contributed by atoms with Gasteiger partial charge in [-0.15, -0.1) is 0 Å². The molecule has 7 rings (SSSR count). The number of aromatic amines is 1. The number of rotatable bonds is 5. The van der Waals surface area contributed by atoms with Crippen molar-refractivity contribution in [3.05, 3.63) is 83.1 Å². The van der Waals surface area contributed by atoms with E-state index in [0.29, 0.717) is 5.92 Å². The summed E-state index contributed by atoms with van der Waals surface area (Å²) in [6, 6.07) is 12.9. The summed E-state index contributed by atoms with van der Waals surface area (Å²) < 4.78 is 0. The normalized spacial score (nSPS) is 18.0. The first-order valence-corrected chi connectivity index (χ1v) is 14.2. The predicted molar refractivity (Wildman–Crippen MR) is 158 cm³/mol. The molecule has 0 unspecified atom stereocenters. The van der Waals surface area contributed by atoms with Crippen LogP contribution in [0.1, 0.15) is 67.2 Å². The van der Waals surface area contributed by atoms with Crippen LogP contribution in [0.2, 0.25) is 0 Å². The molecule has 1 aliphatic carbocycles. The number of hydrogen-bond donors (Lipinski definition) is 2. The fourth-order valence-corrected chi connectivity index (χ4v) is 6.07. The third-order valence-electron chi connectivity index (χ3n) is 8.77. The van der Waals surface area contributed by atoms with Crippen LogP contribution in [-0.2, 0) is 11.8 Å². The van der Waals surface area contributed by atoms with Crippen molar-refractivity contribution in [3.63, 3.8) is 0 Å². The van der Waals surface area contributed by atoms with Crippen molar-refractivity contribution >= 4 is 34.3 Å². The van der Waals surface area contributed by atoms with E-state index in [1.54, 1.807) is 0 Å². The first-order chi connectivity index (χ1) is 19.1. The molecule has 2 fully saturated rings. The average molecular weight is 518 g/mol. The second-order valence-electron chi connectivity index (χ2n) is 11.6. The van der Waals surface area contributed by atoms with Gasteiger partial charge >= 0.3 is 0 Å². The van der Waals surface area contributed by atoms with Crippen molar-refractivity contribution in [2.24, 2.45) is 4.99 Å². The lowest BCUT2D eigenvalue weighted by Gasteiger charge is -2.32. The van der Waals surface area contributed by atoms with Crippen LogP contribution in [0.4, 0.5) is 11.6 Å². The topological polar surface area (TPSA) is 82.1 Å². The highest BCUT2D eigenvalue weighted by atomic mass is 15.2. The molecule has 5 heterocycles. The van der Waals surface area contributed by atoms with E-state index in [1.807, 2.05) is 12.4 Å². The Morgan fingerprint density at radius 2 is 1.82 bits per heavy atom. The molecule has 3 aliphatic rings. The van der Waals surface area contributed by atoms with Crippen LogP contribution < -0.4 is 10.2 Å². The molecule has 39 heavy (non-hydrogen) atoms. The number of pyridine rings is 1. The number of H-pyrrole nitrogens is 1. The molecule has 2 aliphatic heterocycles. The van der Waals surface area contributed by atoms with Gasteiger partial charge in [0, 0.05) is 72.6 Å². The highest BCUT2D eigenvalue weighted by Gasteiger charge is 2.29. The molecule has 0 atom stereocenters. The van der Waals surface area contributed by atoms with Gasteiger partial charge in [-0.3, -0.25) is 4.98 Å². The summed E-state index contributed by atoms with van der Waals surface area (Å²) in [7, 11) is 0. The minimum atomic E-state index is -0.161. The molecule has 1 aromatic carbocycles. The van der Waals surface area contributed by atoms with Crippen LogP contribution in [0.25, 0.3) is 16.5 Å². The quantitative estimate of drug-likeness (QED) is 0.355. The molecule has 4 aromatic rings. The molecule has 0 bridgehead atoms. The average Bonchev–Trinajstić information content (AvgIpc) is 3.25. The van der Waals surface area contributed by atoms with Crippen LogP contribution >= 0.6 is 0 Å². The SMILES string of the molecule is CC(C)(c1ccccc1)c1cc2c([nH]1)N=CC=C(c1nc(N3CCNCC3)c3c(C4CCC4)cncc3n1)C2. The summed E-state index contributed by atoms with van der Waals surface area (Å²) in [5, 5.41) is 4.68. The molecule has 1 saturated heterocycles. The molecule has 198 valence electrons. The largest absolute Gasteiger partial charge is 0.353 e. The van der Waals surface area contributed by atoms with Crippen LogP contribution in [-0.4, -0.2) is 52.3 Å². The monoisotopic (exact) mass is 517 g/mol. The van der Waals surface area contributed by atoms with Crippen LogP contribution in [0.5, 0.6) is 0 Å². The highest BCUT2D eigenvalue weighted by molar-refractivity contribution is 5.95. The summed E-state index contributed by atoms with van der Waals surface area (Å²) in [4.78, 5) is 25.9. The van der Waals surface area contributed by atoms with Crippen molar-refractivity contribution in [2.75, 3.05) is 31.1 Å². The number of nitrogens with zero attached hydrogens (tertiary/aromatic N) is 5. The molecule has 0 spiro atoms. The molecule has 7 heteroatoms. The lowest BCUT2D eigenvalue weighted by atomic mass is 9.79. The molecule has 0 amide bonds. The van der Waals surface area contributed by atoms with E-state index < -0.39 is 0 Å². The van der Waals surface area contributed by atoms with Crippen LogP contribution in [0, 0.1) is 0 Å². The Balaban J connectivity index is 1.28. The van der Waals surface area contributed by atoms with Gasteiger partial charge < -0.3 is 15.2 Å². The Labute approximate surface area is 229 Å². The number of benzene rings is 1. The van der Waals surface area contributed by atoms with E-state index in [0.717, 1.165) is 66.8 Å². The number of anilines is 1. The Kier molecular flexibility index (Phi) is 6.04. The maximum Gasteiger partial charge on any atom is 0.158 e. The number of aliphatic imine (C=N–C) groups is 1. The Hall–Kier alpha value is -3.84. The minimum Gasteiger partial charge on any atom is -0.353 e. The first-order valence-electron chi connectivity index (χ1n) is 14.2. The number of aromatic nitrogens is 4. The Bertz CT molecular complexity index is 1570. The van der Waals surface area contributed by atoms with Gasteiger partial charge in [0.05, 0.1) is 11.7 Å². The summed E-state index contributed by atoms with van der Waals surface area (Å²) in [6.07, 6.45) is 12.4. The minimum absolute atomic E-state index is 0.161. The number of piperazine rings is 1. The highest BCUT2D eigenvalue weighted by Crippen LogP contribution is 2.42. The maximum absolute atomic E-state index is 5.29. The third kappa shape index (κ3) is 4.35. The summed E-state index contributed by atoms with van der Waals surface area (Å²) in [5.41, 5.74) is 6.78. The van der Waals surface area contributed by atoms with Crippen LogP contribution in [0.15, 0.2) is 59.9 Å². The van der Waals surface area contributed by atoms with Gasteiger partial charge in [-0.05, 0) is 42.0 Å².